The van der Waals surface area contributed by atoms with Crippen LogP contribution in [0.2, 0.25) is 0 Å². The van der Waals surface area contributed by atoms with Crippen LogP contribution in [0.3, 0.4) is 0 Å². The molecule has 180 valence electrons. The van der Waals surface area contributed by atoms with Gasteiger partial charge in [-0.25, -0.2) is 22.8 Å². The minimum absolute atomic E-state index is 0.0200. The molecule has 4 rings (SSSR count). The average molecular weight is 494 g/mol. The molecule has 1 heterocycles. The van der Waals surface area contributed by atoms with E-state index < -0.39 is 21.7 Å². The summed E-state index contributed by atoms with van der Waals surface area (Å²) in [5, 5.41) is 2.49. The van der Waals surface area contributed by atoms with Crippen LogP contribution in [0.1, 0.15) is 5.56 Å². The quantitative estimate of drug-likeness (QED) is 0.537. The maximum Gasteiger partial charge on any atom is 0.278 e. The molecule has 0 aromatic heterocycles. The third-order valence-electron chi connectivity index (χ3n) is 5.51. The van der Waals surface area contributed by atoms with Gasteiger partial charge in [0.05, 0.1) is 17.1 Å². The Morgan fingerprint density at radius 1 is 1.06 bits per heavy atom. The largest absolute Gasteiger partial charge is 0.378 e. The van der Waals surface area contributed by atoms with Crippen molar-refractivity contribution in [2.24, 2.45) is 9.98 Å². The minimum atomic E-state index is -3.99. The number of anilines is 2. The van der Waals surface area contributed by atoms with Crippen LogP contribution in [-0.2, 0) is 14.8 Å². The fourth-order valence-corrected chi connectivity index (χ4v) is 4.80. The topological polar surface area (TPSA) is 94.4 Å². The summed E-state index contributed by atoms with van der Waals surface area (Å²) >= 11 is 0. The molecule has 0 unspecified atom stereocenters. The van der Waals surface area contributed by atoms with Crippen LogP contribution < -0.4 is 10.2 Å². The maximum atomic E-state index is 14.3. The van der Waals surface area contributed by atoms with Crippen molar-refractivity contribution in [3.05, 3.63) is 78.1 Å². The van der Waals surface area contributed by atoms with Gasteiger partial charge in [-0.2, -0.15) is 0 Å². The second kappa shape index (κ2) is 9.30. The summed E-state index contributed by atoms with van der Waals surface area (Å²) in [4.78, 5) is 24.3. The zero-order valence-electron chi connectivity index (χ0n) is 19.7. The number of nitrogens with zero attached hydrogens (tertiary/aromatic N) is 4. The van der Waals surface area contributed by atoms with E-state index >= 15 is 0 Å². The molecule has 0 saturated carbocycles. The monoisotopic (exact) mass is 493 g/mol. The smallest absolute Gasteiger partial charge is 0.278 e. The fourth-order valence-electron chi connectivity index (χ4n) is 3.53. The molecule has 0 aliphatic carbocycles. The van der Waals surface area contributed by atoms with E-state index in [0.29, 0.717) is 5.69 Å². The number of hydrogen-bond acceptors (Lipinski definition) is 6. The highest BCUT2D eigenvalue weighted by Gasteiger charge is 2.36. The molecule has 35 heavy (non-hydrogen) atoms. The van der Waals surface area contributed by atoms with Gasteiger partial charge in [-0.1, -0.05) is 24.3 Å². The highest BCUT2D eigenvalue weighted by atomic mass is 32.2. The number of halogens is 1. The van der Waals surface area contributed by atoms with Gasteiger partial charge in [0.2, 0.25) is 0 Å². The van der Waals surface area contributed by atoms with Gasteiger partial charge in [0.1, 0.15) is 10.7 Å². The lowest BCUT2D eigenvalue weighted by Crippen LogP contribution is -2.44. The van der Waals surface area contributed by atoms with Gasteiger partial charge >= 0.3 is 0 Å². The number of para-hydroxylation sites is 2. The molecule has 3 aromatic rings. The summed E-state index contributed by atoms with van der Waals surface area (Å²) < 4.78 is 41.6. The zero-order valence-corrected chi connectivity index (χ0v) is 20.5. The van der Waals surface area contributed by atoms with E-state index in [9.17, 15) is 17.6 Å². The number of amidine groups is 1. The first-order chi connectivity index (χ1) is 16.6. The molecule has 1 aliphatic heterocycles. The number of sulfonamides is 1. The average Bonchev–Trinajstić information content (AvgIpc) is 2.82. The summed E-state index contributed by atoms with van der Waals surface area (Å²) in [5.74, 6) is -1.61. The Bertz CT molecular complexity index is 1480. The second-order valence-electron chi connectivity index (χ2n) is 8.14. The number of fused-ring (bicyclic) bond motifs is 1. The molecular formula is C25H24FN5O3S. The predicted molar refractivity (Wildman–Crippen MR) is 136 cm³/mol. The molecule has 3 aromatic carbocycles. The van der Waals surface area contributed by atoms with Gasteiger partial charge in [-0.15, -0.1) is 0 Å². The highest BCUT2D eigenvalue weighted by Crippen LogP contribution is 2.32. The van der Waals surface area contributed by atoms with E-state index in [1.54, 1.807) is 30.3 Å². The van der Waals surface area contributed by atoms with E-state index in [-0.39, 0.29) is 27.8 Å². The third kappa shape index (κ3) is 4.65. The van der Waals surface area contributed by atoms with Crippen molar-refractivity contribution in [3.63, 3.8) is 0 Å². The van der Waals surface area contributed by atoms with Crippen LogP contribution in [-0.4, -0.2) is 51.3 Å². The second-order valence-corrected chi connectivity index (χ2v) is 10.1. The molecule has 1 aliphatic rings. The van der Waals surface area contributed by atoms with Gasteiger partial charge in [-0.05, 0) is 55.0 Å². The van der Waals surface area contributed by atoms with Gasteiger partial charge < -0.3 is 10.2 Å². The first-order valence-corrected chi connectivity index (χ1v) is 12.1. The lowest BCUT2D eigenvalue weighted by atomic mass is 10.1. The fraction of sp³-hybridized carbons (Fsp3) is 0.160. The molecule has 0 radical (unpaired) electrons. The lowest BCUT2D eigenvalue weighted by Gasteiger charge is -2.26. The molecule has 1 N–H and O–H groups in total. The predicted octanol–water partition coefficient (Wildman–Crippen LogP) is 4.28. The van der Waals surface area contributed by atoms with Crippen LogP contribution in [0.5, 0.6) is 0 Å². The van der Waals surface area contributed by atoms with Crippen LogP contribution >= 0.6 is 0 Å². The van der Waals surface area contributed by atoms with Gasteiger partial charge in [0.15, 0.2) is 11.5 Å². The van der Waals surface area contributed by atoms with Crippen molar-refractivity contribution in [2.75, 3.05) is 31.4 Å². The van der Waals surface area contributed by atoms with E-state index in [1.165, 1.54) is 31.3 Å². The summed E-state index contributed by atoms with van der Waals surface area (Å²) in [6, 6.07) is 17.4. The molecule has 1 amide bonds. The lowest BCUT2D eigenvalue weighted by molar-refractivity contribution is -0.110. The minimum Gasteiger partial charge on any atom is -0.378 e. The number of nitrogens with one attached hydrogen (secondary N) is 1. The van der Waals surface area contributed by atoms with Crippen molar-refractivity contribution in [1.29, 1.82) is 0 Å². The number of carbonyl (C=O) groups is 1. The SMILES string of the molecule is Cc1cc(N(C)C)ccc1N=C(C(=O)Nc1ccccc1F)C1=Nc2ccccc2S(=O)(=O)N1C. The number of carbonyl (C=O) groups excluding carboxylic acids is 1. The maximum absolute atomic E-state index is 14.3. The summed E-state index contributed by atoms with van der Waals surface area (Å²) in [6.07, 6.45) is 0. The van der Waals surface area contributed by atoms with Crippen LogP contribution in [0.25, 0.3) is 0 Å². The summed E-state index contributed by atoms with van der Waals surface area (Å²) in [6.45, 7) is 1.83. The molecule has 0 atom stereocenters. The molecule has 0 bridgehead atoms. The molecular weight excluding hydrogens is 469 g/mol. The van der Waals surface area contributed by atoms with E-state index in [0.717, 1.165) is 15.6 Å². The van der Waals surface area contributed by atoms with Crippen molar-refractivity contribution < 1.29 is 17.6 Å². The van der Waals surface area contributed by atoms with E-state index in [4.69, 9.17) is 0 Å². The standard InChI is InChI=1S/C25H24FN5O3S/c1-16-15-17(30(2)3)13-14-19(16)27-23(25(32)29-20-10-6-5-9-18(20)26)24-28-21-11-7-8-12-22(21)35(33,34)31(24)4/h5-15H,1-4H3,(H,29,32). The van der Waals surface area contributed by atoms with Crippen LogP contribution in [0, 0.1) is 12.7 Å². The first kappa shape index (κ1) is 24.1. The Balaban J connectivity index is 1.89. The first-order valence-electron chi connectivity index (χ1n) is 10.7. The van der Waals surface area contributed by atoms with Crippen molar-refractivity contribution >= 4 is 50.2 Å². The normalized spacial score (nSPS) is 14.7. The van der Waals surface area contributed by atoms with E-state index in [1.807, 2.05) is 38.1 Å². The molecule has 0 saturated heterocycles. The third-order valence-corrected chi connectivity index (χ3v) is 7.30. The Morgan fingerprint density at radius 3 is 2.43 bits per heavy atom. The highest BCUT2D eigenvalue weighted by molar-refractivity contribution is 7.90. The Hall–Kier alpha value is -4.05. The number of benzene rings is 3. The molecule has 8 nitrogen and oxygen atoms in total. The van der Waals surface area contributed by atoms with Crippen molar-refractivity contribution in [2.45, 2.75) is 11.8 Å². The van der Waals surface area contributed by atoms with Gasteiger partial charge in [0, 0.05) is 26.8 Å². The summed E-state index contributed by atoms with van der Waals surface area (Å²) in [7, 11) is 1.12. The van der Waals surface area contributed by atoms with E-state index in [2.05, 4.69) is 15.3 Å². The number of amides is 1. The Morgan fingerprint density at radius 2 is 1.74 bits per heavy atom. The van der Waals surface area contributed by atoms with Gasteiger partial charge in [0.25, 0.3) is 15.9 Å². The van der Waals surface area contributed by atoms with Crippen molar-refractivity contribution in [1.82, 2.24) is 4.31 Å². The Labute approximate surface area is 203 Å². The summed E-state index contributed by atoms with van der Waals surface area (Å²) in [5.41, 5.74) is 1.99. The molecule has 0 spiro atoms. The number of rotatable bonds is 5. The molecule has 10 heteroatoms. The number of hydrogen-bond donors (Lipinski definition) is 1. The zero-order chi connectivity index (χ0) is 25.3. The molecule has 0 fully saturated rings. The van der Waals surface area contributed by atoms with Crippen molar-refractivity contribution in [3.8, 4) is 0 Å². The number of aryl methyl sites for hydroxylation is 1. The van der Waals surface area contributed by atoms with Crippen LogP contribution in [0.4, 0.5) is 27.1 Å². The number of aliphatic imine (C=N–C) groups is 2. The van der Waals surface area contributed by atoms with Gasteiger partial charge in [-0.3, -0.25) is 9.10 Å². The Kier molecular flexibility index (Phi) is 6.40. The van der Waals surface area contributed by atoms with Crippen LogP contribution in [0.15, 0.2) is 81.6 Å².